The fourth-order valence-corrected chi connectivity index (χ4v) is 3.57. The van der Waals surface area contributed by atoms with Gasteiger partial charge in [0.05, 0.1) is 12.7 Å². The van der Waals surface area contributed by atoms with Crippen molar-refractivity contribution >= 4 is 11.7 Å². The van der Waals surface area contributed by atoms with E-state index in [0.717, 1.165) is 5.71 Å². The Balaban J connectivity index is 1.81. The summed E-state index contributed by atoms with van der Waals surface area (Å²) in [6, 6.07) is -0.643. The molecular weight excluding hydrogens is 354 g/mol. The number of fused-ring (bicyclic) bond motifs is 1. The van der Waals surface area contributed by atoms with Gasteiger partial charge in [-0.2, -0.15) is 0 Å². The van der Waals surface area contributed by atoms with E-state index in [1.165, 1.54) is 0 Å². The Bertz CT molecular complexity index is 571. The van der Waals surface area contributed by atoms with Gasteiger partial charge in [0.2, 0.25) is 0 Å². The topological polar surface area (TPSA) is 178 Å². The van der Waals surface area contributed by atoms with Crippen molar-refractivity contribution in [3.8, 4) is 0 Å². The van der Waals surface area contributed by atoms with Crippen molar-refractivity contribution in [2.75, 3.05) is 6.61 Å². The lowest BCUT2D eigenvalue weighted by Gasteiger charge is -2.45. The third kappa shape index (κ3) is 3.37. The van der Waals surface area contributed by atoms with Crippen molar-refractivity contribution in [2.24, 2.45) is 4.99 Å². The Labute approximate surface area is 148 Å². The van der Waals surface area contributed by atoms with Crippen LogP contribution >= 0.6 is 0 Å². The number of aliphatic imine (C=N–C) groups is 1. The molecule has 0 unspecified atom stereocenters. The van der Waals surface area contributed by atoms with E-state index in [1.807, 2.05) is 0 Å². The molecule has 3 rings (SSSR count). The van der Waals surface area contributed by atoms with Gasteiger partial charge < -0.3 is 44.8 Å². The van der Waals surface area contributed by atoms with Gasteiger partial charge in [-0.25, -0.2) is 4.79 Å². The van der Waals surface area contributed by atoms with Gasteiger partial charge in [0.1, 0.15) is 42.7 Å². The Kier molecular flexibility index (Phi) is 5.61. The first-order valence-electron chi connectivity index (χ1n) is 8.30. The first kappa shape index (κ1) is 19.6. The van der Waals surface area contributed by atoms with Crippen molar-refractivity contribution in [2.45, 2.75) is 74.5 Å². The SMILES string of the molecule is CC1=N[C@@H]2[C@@H](O[C@@H]3O[C@H](C(=O)O)[C@@H](O)[C@H](O)[C@H]3O)[C@H](O)[C@@H](CO)O[C@@H]2C1. The number of carboxylic acid groups (broad SMARTS) is 1. The zero-order valence-electron chi connectivity index (χ0n) is 14.0. The molecule has 2 saturated heterocycles. The smallest absolute Gasteiger partial charge is 0.335 e. The zero-order valence-corrected chi connectivity index (χ0v) is 14.0. The molecule has 0 saturated carbocycles. The van der Waals surface area contributed by atoms with E-state index in [0.29, 0.717) is 6.42 Å². The van der Waals surface area contributed by atoms with E-state index < -0.39 is 73.7 Å². The fraction of sp³-hybridized carbons (Fsp3) is 0.867. The average Bonchev–Trinajstić information content (AvgIpc) is 2.96. The van der Waals surface area contributed by atoms with Gasteiger partial charge in [-0.3, -0.25) is 4.99 Å². The number of aliphatic hydroxyl groups excluding tert-OH is 5. The molecule has 0 spiro atoms. The number of carbonyl (C=O) groups is 1. The third-order valence-corrected chi connectivity index (χ3v) is 4.93. The normalized spacial score (nSPS) is 48.8. The summed E-state index contributed by atoms with van der Waals surface area (Å²) in [5, 5.41) is 58.6. The highest BCUT2D eigenvalue weighted by molar-refractivity contribution is 5.84. The highest BCUT2D eigenvalue weighted by Crippen LogP contribution is 2.34. The molecule has 148 valence electrons. The highest BCUT2D eigenvalue weighted by atomic mass is 16.7. The number of aliphatic hydroxyl groups is 5. The van der Waals surface area contributed by atoms with Crippen LogP contribution in [0.1, 0.15) is 13.3 Å². The van der Waals surface area contributed by atoms with Crippen LogP contribution in [0.4, 0.5) is 0 Å². The van der Waals surface area contributed by atoms with Gasteiger partial charge in [0.25, 0.3) is 0 Å². The first-order valence-corrected chi connectivity index (χ1v) is 8.30. The standard InChI is InChI=1S/C15H23NO10/c1-4-2-5-7(16-4)12(8(18)6(3-17)24-5)25-15-11(21)9(19)10(20)13(26-15)14(22)23/h5-13,15,17-21H,2-3H2,1H3,(H,22,23)/t5-,6-,7+,8-,9+,10+,11-,12-,13+,15-/m1/s1. The summed E-state index contributed by atoms with van der Waals surface area (Å²) in [6.45, 7) is 1.29. The van der Waals surface area contributed by atoms with E-state index in [4.69, 9.17) is 19.3 Å². The minimum atomic E-state index is -1.84. The summed E-state index contributed by atoms with van der Waals surface area (Å²) in [7, 11) is 0. The van der Waals surface area contributed by atoms with Crippen molar-refractivity contribution in [3.63, 3.8) is 0 Å². The van der Waals surface area contributed by atoms with Crippen LogP contribution in [-0.4, -0.2) is 110 Å². The van der Waals surface area contributed by atoms with E-state index >= 15 is 0 Å². The molecule has 0 aromatic carbocycles. The van der Waals surface area contributed by atoms with Crippen LogP contribution in [-0.2, 0) is 19.0 Å². The maximum absolute atomic E-state index is 11.2. The van der Waals surface area contributed by atoms with Gasteiger partial charge in [-0.05, 0) is 6.92 Å². The number of nitrogens with zero attached hydrogens (tertiary/aromatic N) is 1. The van der Waals surface area contributed by atoms with Crippen molar-refractivity contribution in [1.29, 1.82) is 0 Å². The average molecular weight is 377 g/mol. The second-order valence-corrected chi connectivity index (χ2v) is 6.78. The Morgan fingerprint density at radius 2 is 1.85 bits per heavy atom. The second-order valence-electron chi connectivity index (χ2n) is 6.78. The molecule has 26 heavy (non-hydrogen) atoms. The number of rotatable bonds is 4. The number of aliphatic carboxylic acids is 1. The van der Waals surface area contributed by atoms with Crippen LogP contribution < -0.4 is 0 Å². The largest absolute Gasteiger partial charge is 0.479 e. The van der Waals surface area contributed by atoms with Crippen LogP contribution in [0.2, 0.25) is 0 Å². The first-order chi connectivity index (χ1) is 12.2. The molecule has 0 aliphatic carbocycles. The maximum Gasteiger partial charge on any atom is 0.335 e. The molecular formula is C15H23NO10. The van der Waals surface area contributed by atoms with E-state index in [-0.39, 0.29) is 0 Å². The van der Waals surface area contributed by atoms with Crippen LogP contribution in [0.15, 0.2) is 4.99 Å². The molecule has 2 fully saturated rings. The molecule has 6 N–H and O–H groups in total. The molecule has 0 bridgehead atoms. The van der Waals surface area contributed by atoms with Crippen molar-refractivity contribution < 1.29 is 49.6 Å². The number of ether oxygens (including phenoxy) is 3. The van der Waals surface area contributed by atoms with Gasteiger partial charge in [0.15, 0.2) is 12.4 Å². The Hall–Kier alpha value is -1.18. The number of hydrogen-bond acceptors (Lipinski definition) is 10. The molecule has 11 nitrogen and oxygen atoms in total. The summed E-state index contributed by atoms with van der Waals surface area (Å²) in [6.07, 6.45) is -12.2. The van der Waals surface area contributed by atoms with E-state index in [2.05, 4.69) is 4.99 Å². The van der Waals surface area contributed by atoms with E-state index in [9.17, 15) is 30.3 Å². The summed E-state index contributed by atoms with van der Waals surface area (Å²) in [4.78, 5) is 15.5. The molecule has 0 aromatic heterocycles. The Morgan fingerprint density at radius 3 is 2.46 bits per heavy atom. The minimum absolute atomic E-state index is 0.452. The lowest BCUT2D eigenvalue weighted by molar-refractivity contribution is -0.324. The molecule has 0 amide bonds. The van der Waals surface area contributed by atoms with Crippen LogP contribution in [0, 0.1) is 0 Å². The lowest BCUT2D eigenvalue weighted by Crippen LogP contribution is -2.64. The van der Waals surface area contributed by atoms with Crippen molar-refractivity contribution in [3.05, 3.63) is 0 Å². The second kappa shape index (κ2) is 7.44. The van der Waals surface area contributed by atoms with E-state index in [1.54, 1.807) is 6.92 Å². The third-order valence-electron chi connectivity index (χ3n) is 4.93. The molecule has 11 heteroatoms. The molecule has 3 aliphatic heterocycles. The molecule has 0 radical (unpaired) electrons. The minimum Gasteiger partial charge on any atom is -0.479 e. The fourth-order valence-electron chi connectivity index (χ4n) is 3.57. The highest BCUT2D eigenvalue weighted by Gasteiger charge is 2.53. The summed E-state index contributed by atoms with van der Waals surface area (Å²) < 4.78 is 16.3. The van der Waals surface area contributed by atoms with Gasteiger partial charge >= 0.3 is 5.97 Å². The van der Waals surface area contributed by atoms with Gasteiger partial charge in [-0.1, -0.05) is 0 Å². The van der Waals surface area contributed by atoms with Crippen molar-refractivity contribution in [1.82, 2.24) is 0 Å². The van der Waals surface area contributed by atoms with Gasteiger partial charge in [0, 0.05) is 12.1 Å². The monoisotopic (exact) mass is 377 g/mol. The van der Waals surface area contributed by atoms with Gasteiger partial charge in [-0.15, -0.1) is 0 Å². The van der Waals surface area contributed by atoms with Crippen LogP contribution in [0.3, 0.4) is 0 Å². The number of hydrogen-bond donors (Lipinski definition) is 6. The summed E-state index contributed by atoms with van der Waals surface area (Å²) in [5.74, 6) is -1.54. The predicted molar refractivity (Wildman–Crippen MR) is 82.5 cm³/mol. The molecule has 3 heterocycles. The van der Waals surface area contributed by atoms with Crippen LogP contribution in [0.25, 0.3) is 0 Å². The zero-order chi connectivity index (χ0) is 19.2. The van der Waals surface area contributed by atoms with Crippen LogP contribution in [0.5, 0.6) is 0 Å². The maximum atomic E-state index is 11.2. The Morgan fingerprint density at radius 1 is 1.15 bits per heavy atom. The lowest BCUT2D eigenvalue weighted by atomic mass is 9.92. The molecule has 0 aromatic rings. The summed E-state index contributed by atoms with van der Waals surface area (Å²) in [5.41, 5.74) is 0.753. The predicted octanol–water partition coefficient (Wildman–Crippen LogP) is -3.38. The quantitative estimate of drug-likeness (QED) is 0.289. The molecule has 3 aliphatic rings. The molecule has 10 atom stereocenters. The number of carboxylic acids is 1. The summed E-state index contributed by atoms with van der Waals surface area (Å²) >= 11 is 0.